The normalized spacial score (nSPS) is 12.4. The molecule has 0 bridgehead atoms. The van der Waals surface area contributed by atoms with Crippen molar-refractivity contribution in [2.24, 2.45) is 0 Å². The Balaban J connectivity index is 3.48. The van der Waals surface area contributed by atoms with Gasteiger partial charge < -0.3 is 9.05 Å². The fourth-order valence-electron chi connectivity index (χ4n) is 1.74. The molecule has 0 amide bonds. The molecule has 0 aliphatic heterocycles. The Bertz CT molecular complexity index is 593. The van der Waals surface area contributed by atoms with Gasteiger partial charge in [0.15, 0.2) is 0 Å². The third-order valence-corrected chi connectivity index (χ3v) is 8.06. The van der Waals surface area contributed by atoms with E-state index >= 15 is 0 Å². The molecular formula is C12H20NO4PS2. The molecule has 1 aromatic rings. The van der Waals surface area contributed by atoms with Crippen molar-refractivity contribution in [1.82, 2.24) is 0 Å². The molecular weight excluding hydrogens is 317 g/mol. The Morgan fingerprint density at radius 2 is 1.70 bits per heavy atom. The number of hydrogen-bond acceptors (Lipinski definition) is 5. The molecule has 1 aromatic carbocycles. The molecule has 0 N–H and O–H groups in total. The van der Waals surface area contributed by atoms with Crippen molar-refractivity contribution in [2.75, 3.05) is 23.5 Å². The number of hydrogen-bond donors (Lipinski definition) is 0. The fourth-order valence-corrected chi connectivity index (χ4v) is 7.45. The second-order valence-electron chi connectivity index (χ2n) is 4.10. The van der Waals surface area contributed by atoms with Crippen molar-refractivity contribution in [3.8, 4) is 0 Å². The Morgan fingerprint density at radius 3 is 2.10 bits per heavy atom. The molecule has 0 spiro atoms. The standard InChI is InChI=1S/C12H20NO4PS2/c1-5-16-18(19,17-6-2)13(20(4,14)15)12-10-8-7-9-11(12)3/h7-10H,5-6H2,1-4H3. The minimum atomic E-state index is -3.61. The molecule has 0 saturated carbocycles. The van der Waals surface area contributed by atoms with E-state index in [9.17, 15) is 8.42 Å². The van der Waals surface area contributed by atoms with Crippen LogP contribution in [0, 0.1) is 6.92 Å². The van der Waals surface area contributed by atoms with Gasteiger partial charge in [-0.2, -0.15) is 4.08 Å². The third kappa shape index (κ3) is 4.02. The van der Waals surface area contributed by atoms with E-state index < -0.39 is 16.7 Å². The van der Waals surface area contributed by atoms with E-state index in [1.165, 1.54) is 0 Å². The number of benzene rings is 1. The minimum Gasteiger partial charge on any atom is -0.313 e. The van der Waals surface area contributed by atoms with Crippen LogP contribution in [0.3, 0.4) is 0 Å². The number of rotatable bonds is 7. The molecule has 0 aliphatic carbocycles. The summed E-state index contributed by atoms with van der Waals surface area (Å²) in [5, 5.41) is 0. The highest BCUT2D eigenvalue weighted by Crippen LogP contribution is 2.56. The molecule has 0 aromatic heterocycles. The van der Waals surface area contributed by atoms with E-state index in [-0.39, 0.29) is 13.2 Å². The lowest BCUT2D eigenvalue weighted by atomic mass is 10.2. The van der Waals surface area contributed by atoms with Gasteiger partial charge in [0.05, 0.1) is 25.2 Å². The highest BCUT2D eigenvalue weighted by atomic mass is 32.5. The molecule has 114 valence electrons. The lowest BCUT2D eigenvalue weighted by Crippen LogP contribution is -2.29. The summed E-state index contributed by atoms with van der Waals surface area (Å²) in [5.41, 5.74) is 1.30. The lowest BCUT2D eigenvalue weighted by molar-refractivity contribution is 0.268. The predicted octanol–water partition coefficient (Wildman–Crippen LogP) is 3.06. The molecule has 0 atom stereocenters. The number of aryl methyl sites for hydroxylation is 1. The second-order valence-corrected chi connectivity index (χ2v) is 9.44. The van der Waals surface area contributed by atoms with Crippen molar-refractivity contribution < 1.29 is 17.5 Å². The van der Waals surface area contributed by atoms with Crippen LogP contribution >= 0.6 is 6.64 Å². The molecule has 0 radical (unpaired) electrons. The van der Waals surface area contributed by atoms with Crippen molar-refractivity contribution >= 4 is 34.2 Å². The van der Waals surface area contributed by atoms with E-state index in [4.69, 9.17) is 20.9 Å². The van der Waals surface area contributed by atoms with Gasteiger partial charge in [-0.3, -0.25) is 0 Å². The highest BCUT2D eigenvalue weighted by molar-refractivity contribution is 8.17. The molecule has 8 heteroatoms. The maximum absolute atomic E-state index is 12.2. The zero-order valence-corrected chi connectivity index (χ0v) is 14.6. The van der Waals surface area contributed by atoms with Crippen LogP contribution in [0.2, 0.25) is 0 Å². The molecule has 0 saturated heterocycles. The zero-order valence-electron chi connectivity index (χ0n) is 12.1. The number of para-hydroxylation sites is 1. The first-order chi connectivity index (χ1) is 9.26. The lowest BCUT2D eigenvalue weighted by Gasteiger charge is -2.33. The van der Waals surface area contributed by atoms with E-state index in [1.807, 2.05) is 19.1 Å². The largest absolute Gasteiger partial charge is 0.313 e. The van der Waals surface area contributed by atoms with Gasteiger partial charge in [-0.25, -0.2) is 8.42 Å². The number of sulfonamides is 1. The monoisotopic (exact) mass is 337 g/mol. The average molecular weight is 337 g/mol. The van der Waals surface area contributed by atoms with E-state index in [0.717, 1.165) is 15.9 Å². The molecule has 0 heterocycles. The van der Waals surface area contributed by atoms with Crippen LogP contribution in [0.5, 0.6) is 0 Å². The molecule has 0 aliphatic rings. The summed E-state index contributed by atoms with van der Waals surface area (Å²) in [6.45, 7) is 2.80. The van der Waals surface area contributed by atoms with Crippen LogP contribution in [-0.2, 0) is 30.9 Å². The maximum Gasteiger partial charge on any atom is 0.303 e. The first-order valence-corrected chi connectivity index (χ1v) is 10.7. The summed E-state index contributed by atoms with van der Waals surface area (Å²) >= 11 is 5.42. The van der Waals surface area contributed by atoms with Crippen LogP contribution in [0.15, 0.2) is 24.3 Å². The van der Waals surface area contributed by atoms with Gasteiger partial charge in [-0.05, 0) is 44.2 Å². The first kappa shape index (κ1) is 17.6. The smallest absolute Gasteiger partial charge is 0.303 e. The number of nitrogens with zero attached hydrogens (tertiary/aromatic N) is 1. The molecule has 5 nitrogen and oxygen atoms in total. The number of anilines is 1. The Morgan fingerprint density at radius 1 is 1.20 bits per heavy atom. The summed E-state index contributed by atoms with van der Waals surface area (Å²) in [6, 6.07) is 7.13. The van der Waals surface area contributed by atoms with Gasteiger partial charge in [-0.1, -0.05) is 18.2 Å². The van der Waals surface area contributed by atoms with E-state index in [0.29, 0.717) is 5.69 Å². The average Bonchev–Trinajstić information content (AvgIpc) is 2.30. The maximum atomic E-state index is 12.2. The fraction of sp³-hybridized carbons (Fsp3) is 0.500. The summed E-state index contributed by atoms with van der Waals surface area (Å²) < 4.78 is 36.6. The zero-order chi connectivity index (χ0) is 15.4. The van der Waals surface area contributed by atoms with E-state index in [2.05, 4.69) is 0 Å². The van der Waals surface area contributed by atoms with Gasteiger partial charge in [-0.15, -0.1) is 0 Å². The summed E-state index contributed by atoms with van der Waals surface area (Å²) in [5.74, 6) is 0. The van der Waals surface area contributed by atoms with Crippen molar-refractivity contribution in [3.63, 3.8) is 0 Å². The van der Waals surface area contributed by atoms with Crippen LogP contribution in [0.1, 0.15) is 19.4 Å². The van der Waals surface area contributed by atoms with Crippen LogP contribution in [-0.4, -0.2) is 27.9 Å². The van der Waals surface area contributed by atoms with Gasteiger partial charge >= 0.3 is 6.64 Å². The predicted molar refractivity (Wildman–Crippen MR) is 86.0 cm³/mol. The second kappa shape index (κ2) is 7.00. The van der Waals surface area contributed by atoms with Gasteiger partial charge in [0.25, 0.3) is 0 Å². The Hall–Kier alpha value is -0.460. The first-order valence-electron chi connectivity index (χ1n) is 6.21. The topological polar surface area (TPSA) is 55.8 Å². The van der Waals surface area contributed by atoms with Gasteiger partial charge in [0.1, 0.15) is 0 Å². The van der Waals surface area contributed by atoms with Crippen molar-refractivity contribution in [3.05, 3.63) is 29.8 Å². The molecule has 0 unspecified atom stereocenters. The summed E-state index contributed by atoms with van der Waals surface area (Å²) in [4.78, 5) is 0. The van der Waals surface area contributed by atoms with Crippen LogP contribution in [0.4, 0.5) is 5.69 Å². The molecule has 1 rings (SSSR count). The quantitative estimate of drug-likeness (QED) is 0.716. The van der Waals surface area contributed by atoms with Crippen LogP contribution in [0.25, 0.3) is 0 Å². The van der Waals surface area contributed by atoms with Crippen molar-refractivity contribution in [2.45, 2.75) is 20.8 Å². The van der Waals surface area contributed by atoms with E-state index in [1.54, 1.807) is 26.0 Å². The van der Waals surface area contributed by atoms with Gasteiger partial charge in [0, 0.05) is 0 Å². The summed E-state index contributed by atoms with van der Waals surface area (Å²) in [7, 11) is -3.61. The Kier molecular flexibility index (Phi) is 6.16. The van der Waals surface area contributed by atoms with Gasteiger partial charge in [0.2, 0.25) is 10.0 Å². The molecule has 0 fully saturated rings. The SMILES string of the molecule is CCOP(=S)(OCC)N(c1ccccc1C)S(C)(=O)=O. The third-order valence-electron chi connectivity index (χ3n) is 2.44. The summed E-state index contributed by atoms with van der Waals surface area (Å²) in [6.07, 6.45) is 1.11. The highest BCUT2D eigenvalue weighted by Gasteiger charge is 2.36. The van der Waals surface area contributed by atoms with Crippen molar-refractivity contribution in [1.29, 1.82) is 0 Å². The minimum absolute atomic E-state index is 0.287. The molecule has 20 heavy (non-hydrogen) atoms. The Labute approximate surface area is 126 Å². The van der Waals surface area contributed by atoms with Crippen LogP contribution < -0.4 is 4.08 Å².